The van der Waals surface area contributed by atoms with E-state index in [1.165, 1.54) is 0 Å². The van der Waals surface area contributed by atoms with Crippen molar-refractivity contribution in [3.05, 3.63) is 72.4 Å². The van der Waals surface area contributed by atoms with Gasteiger partial charge in [-0.3, -0.25) is 10.4 Å². The summed E-state index contributed by atoms with van der Waals surface area (Å²) in [7, 11) is 0. The molecule has 0 spiro atoms. The van der Waals surface area contributed by atoms with E-state index in [-0.39, 0.29) is 0 Å². The Morgan fingerprint density at radius 3 is 2.44 bits per heavy atom. The van der Waals surface area contributed by atoms with Crippen molar-refractivity contribution in [1.29, 1.82) is 0 Å². The Morgan fingerprint density at radius 1 is 1.09 bits per heavy atom. The first-order valence-corrected chi connectivity index (χ1v) is 10.6. The first-order valence-electron chi connectivity index (χ1n) is 10.6. The van der Waals surface area contributed by atoms with Gasteiger partial charge in [-0.05, 0) is 24.6 Å². The van der Waals surface area contributed by atoms with Gasteiger partial charge in [-0.15, -0.1) is 0 Å². The number of aliphatic hydroxyl groups excluding tert-OH is 3. The molecule has 5 rings (SSSR count). The molecule has 2 aromatic carbocycles. The second-order valence-electron chi connectivity index (χ2n) is 8.38. The fourth-order valence-electron chi connectivity index (χ4n) is 4.28. The molecular formula is C24H26N4O4. The molecule has 166 valence electrons. The van der Waals surface area contributed by atoms with Crippen molar-refractivity contribution >= 4 is 17.8 Å². The van der Waals surface area contributed by atoms with Crippen LogP contribution in [0.2, 0.25) is 0 Å². The Morgan fingerprint density at radius 2 is 1.78 bits per heavy atom. The third kappa shape index (κ3) is 3.47. The summed E-state index contributed by atoms with van der Waals surface area (Å²) in [5.74, 6) is 0.647. The van der Waals surface area contributed by atoms with Crippen molar-refractivity contribution in [2.24, 2.45) is 4.99 Å². The predicted molar refractivity (Wildman–Crippen MR) is 121 cm³/mol. The Labute approximate surface area is 186 Å². The van der Waals surface area contributed by atoms with E-state index in [0.29, 0.717) is 12.4 Å². The summed E-state index contributed by atoms with van der Waals surface area (Å²) in [6.45, 7) is 1.71. The maximum absolute atomic E-state index is 10.7. The van der Waals surface area contributed by atoms with Crippen LogP contribution in [-0.2, 0) is 11.3 Å². The number of rotatable bonds is 5. The van der Waals surface area contributed by atoms with Crippen LogP contribution in [0.4, 0.5) is 11.5 Å². The van der Waals surface area contributed by atoms with Crippen LogP contribution in [-0.4, -0.2) is 55.6 Å². The lowest BCUT2D eigenvalue weighted by atomic mass is 9.99. The Bertz CT molecular complexity index is 1120. The number of para-hydroxylation sites is 1. The monoisotopic (exact) mass is 434 g/mol. The highest BCUT2D eigenvalue weighted by molar-refractivity contribution is 5.77. The lowest BCUT2D eigenvalue weighted by Gasteiger charge is -2.27. The number of benzene rings is 2. The molecule has 3 aromatic rings. The van der Waals surface area contributed by atoms with Gasteiger partial charge in [-0.25, -0.2) is 4.99 Å². The van der Waals surface area contributed by atoms with Gasteiger partial charge in [0.2, 0.25) is 0 Å². The molecule has 2 aliphatic heterocycles. The number of aliphatic hydroxyl groups is 3. The van der Waals surface area contributed by atoms with Gasteiger partial charge in [-0.1, -0.05) is 48.5 Å². The molecule has 4 N–H and O–H groups in total. The Hall–Kier alpha value is -3.17. The van der Waals surface area contributed by atoms with E-state index < -0.39 is 30.6 Å². The van der Waals surface area contributed by atoms with Crippen LogP contribution in [0.25, 0.3) is 11.1 Å². The van der Waals surface area contributed by atoms with E-state index in [9.17, 15) is 15.3 Å². The first-order chi connectivity index (χ1) is 15.5. The molecule has 3 heterocycles. The van der Waals surface area contributed by atoms with E-state index >= 15 is 0 Å². The molecule has 0 saturated carbocycles. The summed E-state index contributed by atoms with van der Waals surface area (Å²) < 4.78 is 7.71. The highest BCUT2D eigenvalue weighted by Crippen LogP contribution is 2.44. The zero-order chi connectivity index (χ0) is 22.3. The third-order valence-electron chi connectivity index (χ3n) is 6.11. The van der Waals surface area contributed by atoms with Gasteiger partial charge in [0, 0.05) is 17.3 Å². The third-order valence-corrected chi connectivity index (χ3v) is 6.11. The largest absolute Gasteiger partial charge is 0.393 e. The molecule has 1 fully saturated rings. The van der Waals surface area contributed by atoms with Crippen molar-refractivity contribution in [3.8, 4) is 11.1 Å². The number of hydrazine groups is 1. The van der Waals surface area contributed by atoms with Crippen LogP contribution < -0.4 is 5.43 Å². The first kappa shape index (κ1) is 20.7. The second kappa shape index (κ2) is 8.07. The standard InChI is InChI=1S/C24H26N4O4/c1-24(14-29)21(31)20(30)23(32-24)28-13-18(16-8-4-2-5-9-16)19-12-27(15-25-22(19)28)26-17-10-6-3-7-11-17/h2-11,13,15,20-21,23,26,29-31H,12,14H2,1H3/t20-,21+,23-,24-/m1/s1. The number of hydrogen-bond donors (Lipinski definition) is 4. The van der Waals surface area contributed by atoms with Gasteiger partial charge in [0.15, 0.2) is 6.23 Å². The molecule has 8 nitrogen and oxygen atoms in total. The highest BCUT2D eigenvalue weighted by Gasteiger charge is 2.52. The predicted octanol–water partition coefficient (Wildman–Crippen LogP) is 2.66. The number of ether oxygens (including phenoxy) is 1. The maximum atomic E-state index is 10.7. The fraction of sp³-hybridized carbons (Fsp3) is 0.292. The second-order valence-corrected chi connectivity index (χ2v) is 8.38. The smallest absolute Gasteiger partial charge is 0.164 e. The number of aliphatic imine (C=N–C) groups is 1. The fourth-order valence-corrected chi connectivity index (χ4v) is 4.28. The van der Waals surface area contributed by atoms with E-state index in [0.717, 1.165) is 22.4 Å². The van der Waals surface area contributed by atoms with E-state index in [4.69, 9.17) is 4.74 Å². The van der Waals surface area contributed by atoms with Crippen molar-refractivity contribution in [1.82, 2.24) is 9.58 Å². The topological polar surface area (TPSA) is 102 Å². The Kier molecular flexibility index (Phi) is 5.22. The number of nitrogens with zero attached hydrogens (tertiary/aromatic N) is 3. The number of anilines is 1. The van der Waals surface area contributed by atoms with Crippen molar-refractivity contribution in [3.63, 3.8) is 0 Å². The Balaban J connectivity index is 1.54. The van der Waals surface area contributed by atoms with Crippen molar-refractivity contribution < 1.29 is 20.1 Å². The van der Waals surface area contributed by atoms with E-state index in [2.05, 4.69) is 10.4 Å². The average molecular weight is 434 g/mol. The molecule has 4 atom stereocenters. The SMILES string of the molecule is C[C@]1(CO)O[C@@H](n2cc(-c3ccccc3)c3c2N=CN(Nc2ccccc2)C3)[C@H](O)[C@@H]1O. The summed E-state index contributed by atoms with van der Waals surface area (Å²) in [4.78, 5) is 4.66. The van der Waals surface area contributed by atoms with Crippen LogP contribution in [0.5, 0.6) is 0 Å². The summed E-state index contributed by atoms with van der Waals surface area (Å²) in [5.41, 5.74) is 5.96. The van der Waals surface area contributed by atoms with Gasteiger partial charge >= 0.3 is 0 Å². The molecular weight excluding hydrogens is 408 g/mol. The number of hydrogen-bond acceptors (Lipinski definition) is 7. The average Bonchev–Trinajstić information content (AvgIpc) is 3.31. The van der Waals surface area contributed by atoms with Gasteiger partial charge in [0.1, 0.15) is 30.0 Å². The molecule has 1 saturated heterocycles. The highest BCUT2D eigenvalue weighted by atomic mass is 16.6. The van der Waals surface area contributed by atoms with Crippen molar-refractivity contribution in [2.45, 2.75) is 37.5 Å². The van der Waals surface area contributed by atoms with Gasteiger partial charge in [0.05, 0.1) is 18.8 Å². The molecule has 0 unspecified atom stereocenters. The molecule has 1 aromatic heterocycles. The van der Waals surface area contributed by atoms with Crippen LogP contribution in [0, 0.1) is 0 Å². The number of nitrogens with one attached hydrogen (secondary N) is 1. The molecule has 0 bridgehead atoms. The lowest BCUT2D eigenvalue weighted by Crippen LogP contribution is -2.43. The molecule has 32 heavy (non-hydrogen) atoms. The maximum Gasteiger partial charge on any atom is 0.164 e. The minimum Gasteiger partial charge on any atom is -0.393 e. The van der Waals surface area contributed by atoms with Gasteiger partial charge < -0.3 is 24.6 Å². The minimum atomic E-state index is -1.26. The van der Waals surface area contributed by atoms with E-state index in [1.807, 2.05) is 71.9 Å². The van der Waals surface area contributed by atoms with E-state index in [1.54, 1.807) is 17.8 Å². The lowest BCUT2D eigenvalue weighted by molar-refractivity contribution is -0.116. The van der Waals surface area contributed by atoms with Crippen LogP contribution in [0.15, 0.2) is 71.9 Å². The van der Waals surface area contributed by atoms with Crippen molar-refractivity contribution in [2.75, 3.05) is 12.0 Å². The molecule has 0 radical (unpaired) electrons. The van der Waals surface area contributed by atoms with Gasteiger partial charge in [-0.2, -0.15) is 0 Å². The zero-order valence-electron chi connectivity index (χ0n) is 17.7. The molecule has 0 aliphatic carbocycles. The molecule has 2 aliphatic rings. The zero-order valence-corrected chi connectivity index (χ0v) is 17.7. The summed E-state index contributed by atoms with van der Waals surface area (Å²) >= 11 is 0. The summed E-state index contributed by atoms with van der Waals surface area (Å²) in [6.07, 6.45) is 0.290. The number of fused-ring (bicyclic) bond motifs is 1. The molecule has 0 amide bonds. The van der Waals surface area contributed by atoms with Crippen LogP contribution in [0.1, 0.15) is 18.7 Å². The minimum absolute atomic E-state index is 0.408. The summed E-state index contributed by atoms with van der Waals surface area (Å²) in [6, 6.07) is 19.8. The van der Waals surface area contributed by atoms with Crippen LogP contribution >= 0.6 is 0 Å². The van der Waals surface area contributed by atoms with Crippen LogP contribution in [0.3, 0.4) is 0 Å². The van der Waals surface area contributed by atoms with Gasteiger partial charge in [0.25, 0.3) is 0 Å². The summed E-state index contributed by atoms with van der Waals surface area (Å²) in [5, 5.41) is 32.8. The molecule has 8 heteroatoms. The number of aromatic nitrogens is 1. The normalized spacial score (nSPS) is 26.9. The quantitative estimate of drug-likeness (QED) is 0.493.